The predicted octanol–water partition coefficient (Wildman–Crippen LogP) is 2.98. The molecule has 0 unspecified atom stereocenters. The molecular formula is C18H20BrN5O3S2. The van der Waals surface area contributed by atoms with Gasteiger partial charge in [0.25, 0.3) is 15.9 Å². The van der Waals surface area contributed by atoms with Gasteiger partial charge in [0.15, 0.2) is 5.65 Å². The summed E-state index contributed by atoms with van der Waals surface area (Å²) < 4.78 is 29.8. The first-order valence-corrected chi connectivity index (χ1v) is 12.2. The molecule has 0 saturated carbocycles. The minimum Gasteiger partial charge on any atom is -0.336 e. The van der Waals surface area contributed by atoms with E-state index in [0.29, 0.717) is 22.9 Å². The topological polar surface area (TPSA) is 88.4 Å². The highest BCUT2D eigenvalue weighted by Crippen LogP contribution is 2.29. The van der Waals surface area contributed by atoms with Crippen LogP contribution in [0.5, 0.6) is 0 Å². The lowest BCUT2D eigenvalue weighted by Gasteiger charge is -2.33. The lowest BCUT2D eigenvalue weighted by Crippen LogP contribution is -2.50. The van der Waals surface area contributed by atoms with Gasteiger partial charge < -0.3 is 4.90 Å². The SMILES string of the molecule is CC(C)n1ncc2cc(C(=O)N3CCN(S(=O)(=O)c4ccc(Br)s4)CC3)cnc21. The van der Waals surface area contributed by atoms with Crippen molar-refractivity contribution in [3.63, 3.8) is 0 Å². The maximum atomic E-state index is 12.9. The van der Waals surface area contributed by atoms with Crippen molar-refractivity contribution in [1.29, 1.82) is 0 Å². The Bertz CT molecular complexity index is 1160. The van der Waals surface area contributed by atoms with Crippen molar-refractivity contribution < 1.29 is 13.2 Å². The van der Waals surface area contributed by atoms with E-state index >= 15 is 0 Å². The first kappa shape index (κ1) is 20.5. The number of halogens is 1. The normalized spacial score (nSPS) is 16.1. The van der Waals surface area contributed by atoms with Gasteiger partial charge in [-0.1, -0.05) is 0 Å². The zero-order chi connectivity index (χ0) is 20.8. The van der Waals surface area contributed by atoms with Gasteiger partial charge in [0.05, 0.1) is 15.5 Å². The number of rotatable bonds is 4. The number of sulfonamides is 1. The summed E-state index contributed by atoms with van der Waals surface area (Å²) in [5.74, 6) is -0.146. The monoisotopic (exact) mass is 497 g/mol. The molecule has 8 nitrogen and oxygen atoms in total. The van der Waals surface area contributed by atoms with E-state index in [1.165, 1.54) is 15.6 Å². The van der Waals surface area contributed by atoms with E-state index in [0.717, 1.165) is 14.8 Å². The lowest BCUT2D eigenvalue weighted by atomic mass is 10.2. The summed E-state index contributed by atoms with van der Waals surface area (Å²) in [6.45, 7) is 5.27. The van der Waals surface area contributed by atoms with Crippen molar-refractivity contribution in [2.45, 2.75) is 24.1 Å². The first-order valence-electron chi connectivity index (χ1n) is 9.15. The van der Waals surface area contributed by atoms with Gasteiger partial charge in [-0.05, 0) is 48.0 Å². The Balaban J connectivity index is 1.47. The molecule has 4 heterocycles. The number of fused-ring (bicyclic) bond motifs is 1. The maximum Gasteiger partial charge on any atom is 0.255 e. The largest absolute Gasteiger partial charge is 0.336 e. The van der Waals surface area contributed by atoms with E-state index in [2.05, 4.69) is 26.0 Å². The van der Waals surface area contributed by atoms with E-state index in [1.807, 2.05) is 18.5 Å². The molecule has 0 aliphatic carbocycles. The van der Waals surface area contributed by atoms with Gasteiger partial charge >= 0.3 is 0 Å². The lowest BCUT2D eigenvalue weighted by molar-refractivity contribution is 0.0698. The van der Waals surface area contributed by atoms with E-state index < -0.39 is 10.0 Å². The summed E-state index contributed by atoms with van der Waals surface area (Å²) in [6.07, 6.45) is 3.28. The van der Waals surface area contributed by atoms with Gasteiger partial charge in [0, 0.05) is 43.8 Å². The molecule has 0 radical (unpaired) electrons. The van der Waals surface area contributed by atoms with Crippen LogP contribution in [0.1, 0.15) is 30.2 Å². The summed E-state index contributed by atoms with van der Waals surface area (Å²) in [5, 5.41) is 5.14. The van der Waals surface area contributed by atoms with Crippen LogP contribution in [0.25, 0.3) is 11.0 Å². The van der Waals surface area contributed by atoms with Gasteiger partial charge in [-0.2, -0.15) is 9.40 Å². The number of thiophene rings is 1. The van der Waals surface area contributed by atoms with Gasteiger partial charge in [0.1, 0.15) is 4.21 Å². The molecule has 29 heavy (non-hydrogen) atoms. The third kappa shape index (κ3) is 3.83. The van der Waals surface area contributed by atoms with Crippen LogP contribution in [0.4, 0.5) is 0 Å². The second-order valence-corrected chi connectivity index (χ2v) is 11.7. The first-order chi connectivity index (χ1) is 13.8. The van der Waals surface area contributed by atoms with E-state index in [1.54, 1.807) is 35.5 Å². The van der Waals surface area contributed by atoms with Crippen LogP contribution >= 0.6 is 27.3 Å². The number of amides is 1. The quantitative estimate of drug-likeness (QED) is 0.552. The van der Waals surface area contributed by atoms with Crippen LogP contribution in [0.3, 0.4) is 0 Å². The van der Waals surface area contributed by atoms with Crippen molar-refractivity contribution in [2.24, 2.45) is 0 Å². The molecule has 1 aliphatic rings. The van der Waals surface area contributed by atoms with Crippen LogP contribution in [0.2, 0.25) is 0 Å². The van der Waals surface area contributed by atoms with E-state index in [9.17, 15) is 13.2 Å². The molecule has 3 aromatic heterocycles. The fourth-order valence-corrected chi connectivity index (χ4v) is 6.90. The van der Waals surface area contributed by atoms with Gasteiger partial charge in [-0.3, -0.25) is 4.79 Å². The van der Waals surface area contributed by atoms with Crippen LogP contribution in [-0.2, 0) is 10.0 Å². The molecular weight excluding hydrogens is 478 g/mol. The Kier molecular flexibility index (Phi) is 5.49. The average Bonchev–Trinajstić information content (AvgIpc) is 3.33. The summed E-state index contributed by atoms with van der Waals surface area (Å²) in [7, 11) is -3.53. The minimum absolute atomic E-state index is 0.146. The molecule has 0 spiro atoms. The summed E-state index contributed by atoms with van der Waals surface area (Å²) >= 11 is 4.49. The molecule has 0 bridgehead atoms. The van der Waals surface area contributed by atoms with Gasteiger partial charge in [-0.25, -0.2) is 18.1 Å². The summed E-state index contributed by atoms with van der Waals surface area (Å²) in [5.41, 5.74) is 1.23. The van der Waals surface area contributed by atoms with Crippen molar-refractivity contribution in [3.05, 3.63) is 39.9 Å². The van der Waals surface area contributed by atoms with Crippen LogP contribution in [0.15, 0.2) is 38.6 Å². The Morgan fingerprint density at radius 1 is 1.17 bits per heavy atom. The van der Waals surface area contributed by atoms with Crippen molar-refractivity contribution in [1.82, 2.24) is 24.0 Å². The van der Waals surface area contributed by atoms with Crippen LogP contribution in [-0.4, -0.2) is 64.5 Å². The second kappa shape index (κ2) is 7.78. The van der Waals surface area contributed by atoms with Gasteiger partial charge in [0.2, 0.25) is 0 Å². The number of aromatic nitrogens is 3. The van der Waals surface area contributed by atoms with Crippen molar-refractivity contribution in [3.8, 4) is 0 Å². The smallest absolute Gasteiger partial charge is 0.255 e. The van der Waals surface area contributed by atoms with Crippen molar-refractivity contribution >= 4 is 54.2 Å². The Labute approximate surface area is 181 Å². The van der Waals surface area contributed by atoms with Crippen LogP contribution < -0.4 is 0 Å². The minimum atomic E-state index is -3.53. The average molecular weight is 498 g/mol. The highest BCUT2D eigenvalue weighted by atomic mass is 79.9. The predicted molar refractivity (Wildman–Crippen MR) is 115 cm³/mol. The number of pyridine rings is 1. The highest BCUT2D eigenvalue weighted by molar-refractivity contribution is 9.11. The second-order valence-electron chi connectivity index (χ2n) is 7.07. The fraction of sp³-hybridized carbons (Fsp3) is 0.389. The third-order valence-electron chi connectivity index (χ3n) is 4.84. The number of hydrogen-bond acceptors (Lipinski definition) is 6. The fourth-order valence-electron chi connectivity index (χ4n) is 3.31. The van der Waals surface area contributed by atoms with Gasteiger partial charge in [-0.15, -0.1) is 11.3 Å². The number of hydrogen-bond donors (Lipinski definition) is 0. The zero-order valence-electron chi connectivity index (χ0n) is 15.9. The molecule has 1 fully saturated rings. The molecule has 4 rings (SSSR count). The standard InChI is InChI=1S/C18H20BrN5O3S2/c1-12(2)24-17-13(11-21-24)9-14(10-20-17)18(25)22-5-7-23(8-6-22)29(26,27)16-4-3-15(19)28-16/h3-4,9-12H,5-8H2,1-2H3. The maximum absolute atomic E-state index is 12.9. The molecule has 0 N–H and O–H groups in total. The Hall–Kier alpha value is -1.82. The van der Waals surface area contributed by atoms with E-state index in [4.69, 9.17) is 0 Å². The number of carbonyl (C=O) groups is 1. The van der Waals surface area contributed by atoms with E-state index in [-0.39, 0.29) is 25.0 Å². The number of nitrogens with zero attached hydrogens (tertiary/aromatic N) is 5. The number of piperazine rings is 1. The summed E-state index contributed by atoms with van der Waals surface area (Å²) in [4.78, 5) is 19.0. The number of carbonyl (C=O) groups excluding carboxylic acids is 1. The van der Waals surface area contributed by atoms with Crippen LogP contribution in [0, 0.1) is 0 Å². The molecule has 0 atom stereocenters. The Morgan fingerprint density at radius 3 is 2.52 bits per heavy atom. The molecule has 11 heteroatoms. The molecule has 1 aliphatic heterocycles. The highest BCUT2D eigenvalue weighted by Gasteiger charge is 2.31. The molecule has 3 aromatic rings. The molecule has 1 amide bonds. The third-order valence-corrected chi connectivity index (χ3v) is 8.83. The molecule has 154 valence electrons. The Morgan fingerprint density at radius 2 is 1.90 bits per heavy atom. The summed E-state index contributed by atoms with van der Waals surface area (Å²) in [6, 6.07) is 5.30. The zero-order valence-corrected chi connectivity index (χ0v) is 19.2. The van der Waals surface area contributed by atoms with Crippen molar-refractivity contribution in [2.75, 3.05) is 26.2 Å². The molecule has 1 saturated heterocycles. The molecule has 0 aromatic carbocycles.